The van der Waals surface area contributed by atoms with Crippen LogP contribution in [0.3, 0.4) is 0 Å². The fourth-order valence-corrected chi connectivity index (χ4v) is 3.29. The molecule has 1 aromatic carbocycles. The third kappa shape index (κ3) is 2.04. The van der Waals surface area contributed by atoms with E-state index in [1.54, 1.807) is 26.4 Å². The number of hydrogen-bond acceptors (Lipinski definition) is 5. The highest BCUT2D eigenvalue weighted by Gasteiger charge is 2.46. The first-order chi connectivity index (χ1) is 9.12. The number of amides is 1. The molecule has 19 heavy (non-hydrogen) atoms. The van der Waals surface area contributed by atoms with E-state index >= 15 is 0 Å². The molecule has 0 radical (unpaired) electrons. The minimum Gasteiger partial charge on any atom is -0.493 e. The van der Waals surface area contributed by atoms with Crippen molar-refractivity contribution in [1.29, 1.82) is 0 Å². The lowest BCUT2D eigenvalue weighted by Gasteiger charge is -2.24. The quantitative estimate of drug-likeness (QED) is 0.859. The lowest BCUT2D eigenvalue weighted by atomic mass is 9.96. The largest absolute Gasteiger partial charge is 0.493 e. The van der Waals surface area contributed by atoms with Gasteiger partial charge in [-0.3, -0.25) is 4.79 Å². The number of aliphatic hydroxyl groups excluding tert-OH is 1. The average molecular weight is 283 g/mol. The number of fused-ring (bicyclic) bond motifs is 1. The SMILES string of the molecule is COc1cc2c(cc1OC)C(CCO)(SC)C(=O)N2. The first-order valence-electron chi connectivity index (χ1n) is 5.87. The van der Waals surface area contributed by atoms with Gasteiger partial charge in [-0.2, -0.15) is 0 Å². The summed E-state index contributed by atoms with van der Waals surface area (Å²) < 4.78 is 9.74. The van der Waals surface area contributed by atoms with Crippen LogP contribution in [0.1, 0.15) is 12.0 Å². The van der Waals surface area contributed by atoms with Crippen LogP contribution in [-0.2, 0) is 9.54 Å². The zero-order chi connectivity index (χ0) is 14.0. The molecule has 1 aromatic rings. The zero-order valence-corrected chi connectivity index (χ0v) is 12.0. The Morgan fingerprint density at radius 2 is 1.95 bits per heavy atom. The molecule has 1 aliphatic heterocycles. The molecule has 1 amide bonds. The van der Waals surface area contributed by atoms with Crippen LogP contribution >= 0.6 is 11.8 Å². The molecule has 6 heteroatoms. The number of hydrogen-bond donors (Lipinski definition) is 2. The summed E-state index contributed by atoms with van der Waals surface area (Å²) in [7, 11) is 3.11. The number of carbonyl (C=O) groups excluding carboxylic acids is 1. The minimum atomic E-state index is -0.760. The van der Waals surface area contributed by atoms with E-state index < -0.39 is 4.75 Å². The van der Waals surface area contributed by atoms with Crippen molar-refractivity contribution in [2.24, 2.45) is 0 Å². The highest BCUT2D eigenvalue weighted by Crippen LogP contribution is 2.50. The third-order valence-electron chi connectivity index (χ3n) is 3.39. The number of carbonyl (C=O) groups is 1. The Balaban J connectivity index is 2.59. The molecule has 0 aromatic heterocycles. The number of rotatable bonds is 5. The molecule has 0 fully saturated rings. The Hall–Kier alpha value is -1.40. The lowest BCUT2D eigenvalue weighted by molar-refractivity contribution is -0.118. The van der Waals surface area contributed by atoms with Crippen molar-refractivity contribution in [3.8, 4) is 11.5 Å². The molecule has 1 heterocycles. The van der Waals surface area contributed by atoms with E-state index in [9.17, 15) is 9.90 Å². The van der Waals surface area contributed by atoms with E-state index in [-0.39, 0.29) is 12.5 Å². The fourth-order valence-electron chi connectivity index (χ4n) is 2.37. The van der Waals surface area contributed by atoms with Crippen molar-refractivity contribution in [3.63, 3.8) is 0 Å². The Morgan fingerprint density at radius 3 is 2.47 bits per heavy atom. The molecular weight excluding hydrogens is 266 g/mol. The maximum atomic E-state index is 12.2. The van der Waals surface area contributed by atoms with Crippen LogP contribution in [0.15, 0.2) is 12.1 Å². The van der Waals surface area contributed by atoms with Gasteiger partial charge in [0.15, 0.2) is 11.5 Å². The molecule has 0 spiro atoms. The molecule has 1 aliphatic rings. The summed E-state index contributed by atoms with van der Waals surface area (Å²) in [6.07, 6.45) is 2.23. The topological polar surface area (TPSA) is 67.8 Å². The van der Waals surface area contributed by atoms with Crippen molar-refractivity contribution in [2.75, 3.05) is 32.4 Å². The summed E-state index contributed by atoms with van der Waals surface area (Å²) in [5.41, 5.74) is 1.54. The molecular formula is C13H17NO4S. The van der Waals surface area contributed by atoms with Gasteiger partial charge in [-0.15, -0.1) is 11.8 Å². The van der Waals surface area contributed by atoms with E-state index in [0.29, 0.717) is 23.6 Å². The van der Waals surface area contributed by atoms with E-state index in [1.807, 2.05) is 6.26 Å². The number of benzene rings is 1. The van der Waals surface area contributed by atoms with Gasteiger partial charge in [-0.1, -0.05) is 0 Å². The number of ether oxygens (including phenoxy) is 2. The second-order valence-corrected chi connectivity index (χ2v) is 5.32. The van der Waals surface area contributed by atoms with E-state index in [0.717, 1.165) is 5.56 Å². The molecule has 1 unspecified atom stereocenters. The second-order valence-electron chi connectivity index (χ2n) is 4.21. The van der Waals surface area contributed by atoms with Crippen LogP contribution in [0, 0.1) is 0 Å². The molecule has 2 N–H and O–H groups in total. The van der Waals surface area contributed by atoms with Crippen molar-refractivity contribution in [3.05, 3.63) is 17.7 Å². The molecule has 104 valence electrons. The van der Waals surface area contributed by atoms with Crippen molar-refractivity contribution < 1.29 is 19.4 Å². The van der Waals surface area contributed by atoms with Crippen molar-refractivity contribution in [1.82, 2.24) is 0 Å². The van der Waals surface area contributed by atoms with Gasteiger partial charge in [0.1, 0.15) is 4.75 Å². The lowest BCUT2D eigenvalue weighted by Crippen LogP contribution is -2.31. The van der Waals surface area contributed by atoms with Gasteiger partial charge < -0.3 is 19.9 Å². The Bertz CT molecular complexity index is 506. The average Bonchev–Trinajstić information content (AvgIpc) is 2.70. The highest BCUT2D eigenvalue weighted by atomic mass is 32.2. The van der Waals surface area contributed by atoms with E-state index in [4.69, 9.17) is 9.47 Å². The standard InChI is InChI=1S/C13H17NO4S/c1-17-10-6-8-9(7-11(10)18-2)14-12(16)13(8,19-3)4-5-15/h6-7,15H,4-5H2,1-3H3,(H,14,16). The maximum absolute atomic E-state index is 12.2. The molecule has 1 atom stereocenters. The van der Waals surface area contributed by atoms with Crippen molar-refractivity contribution >= 4 is 23.4 Å². The number of aliphatic hydroxyl groups is 1. The Morgan fingerprint density at radius 1 is 1.32 bits per heavy atom. The van der Waals surface area contributed by atoms with Gasteiger partial charge >= 0.3 is 0 Å². The zero-order valence-electron chi connectivity index (χ0n) is 11.1. The third-order valence-corrected chi connectivity index (χ3v) is 4.69. The molecule has 0 saturated heterocycles. The smallest absolute Gasteiger partial charge is 0.245 e. The minimum absolute atomic E-state index is 0.0535. The molecule has 0 saturated carbocycles. The molecule has 0 bridgehead atoms. The van der Waals surface area contributed by atoms with Crippen LogP contribution in [0.4, 0.5) is 5.69 Å². The first-order valence-corrected chi connectivity index (χ1v) is 7.09. The monoisotopic (exact) mass is 283 g/mol. The predicted octanol–water partition coefficient (Wildman–Crippen LogP) is 1.60. The number of methoxy groups -OCH3 is 2. The normalized spacial score (nSPS) is 20.9. The van der Waals surface area contributed by atoms with Crippen LogP contribution in [0.2, 0.25) is 0 Å². The van der Waals surface area contributed by atoms with Gasteiger partial charge in [-0.25, -0.2) is 0 Å². The van der Waals surface area contributed by atoms with Gasteiger partial charge in [0.25, 0.3) is 0 Å². The summed E-state index contributed by atoms with van der Waals surface area (Å²) in [6.45, 7) is -0.0535. The van der Waals surface area contributed by atoms with Crippen LogP contribution in [0.25, 0.3) is 0 Å². The van der Waals surface area contributed by atoms with Gasteiger partial charge in [0.2, 0.25) is 5.91 Å². The maximum Gasteiger partial charge on any atom is 0.245 e. The molecule has 5 nitrogen and oxygen atoms in total. The van der Waals surface area contributed by atoms with Gasteiger partial charge in [-0.05, 0) is 18.7 Å². The Labute approximate surface area is 116 Å². The summed E-state index contributed by atoms with van der Waals surface area (Å²) in [5, 5.41) is 12.1. The Kier molecular flexibility index (Phi) is 3.91. The van der Waals surface area contributed by atoms with E-state index in [1.165, 1.54) is 11.8 Å². The summed E-state index contributed by atoms with van der Waals surface area (Å²) in [5.74, 6) is 1.04. The van der Waals surface area contributed by atoms with Gasteiger partial charge in [0, 0.05) is 23.9 Å². The number of thioether (sulfide) groups is 1. The number of nitrogens with one attached hydrogen (secondary N) is 1. The summed E-state index contributed by atoms with van der Waals surface area (Å²) in [6, 6.07) is 3.56. The molecule has 0 aliphatic carbocycles. The van der Waals surface area contributed by atoms with Crippen LogP contribution in [0.5, 0.6) is 11.5 Å². The van der Waals surface area contributed by atoms with Gasteiger partial charge in [0.05, 0.1) is 14.2 Å². The highest BCUT2D eigenvalue weighted by molar-refractivity contribution is 8.00. The summed E-state index contributed by atoms with van der Waals surface area (Å²) in [4.78, 5) is 12.2. The first kappa shape index (κ1) is 14.0. The van der Waals surface area contributed by atoms with E-state index in [2.05, 4.69) is 5.32 Å². The summed E-state index contributed by atoms with van der Waals surface area (Å²) >= 11 is 1.42. The fraction of sp³-hybridized carbons (Fsp3) is 0.462. The van der Waals surface area contributed by atoms with Crippen molar-refractivity contribution in [2.45, 2.75) is 11.2 Å². The number of anilines is 1. The molecule has 2 rings (SSSR count). The van der Waals surface area contributed by atoms with Crippen LogP contribution < -0.4 is 14.8 Å². The van der Waals surface area contributed by atoms with Crippen LogP contribution in [-0.4, -0.2) is 38.1 Å². The predicted molar refractivity (Wildman–Crippen MR) is 75.1 cm³/mol. The second kappa shape index (κ2) is 5.30.